The van der Waals surface area contributed by atoms with E-state index in [-0.39, 0.29) is 11.0 Å². The van der Waals surface area contributed by atoms with Crippen LogP contribution in [0.15, 0.2) is 23.3 Å². The molecule has 2 N–H and O–H groups in total. The Bertz CT molecular complexity index is 683. The Morgan fingerprint density at radius 2 is 2.16 bits per heavy atom. The second-order valence-corrected chi connectivity index (χ2v) is 5.85. The van der Waals surface area contributed by atoms with Gasteiger partial charge in [0.1, 0.15) is 5.52 Å². The van der Waals surface area contributed by atoms with Gasteiger partial charge in [0.2, 0.25) is 0 Å². The zero-order valence-corrected chi connectivity index (χ0v) is 12.2. The number of thiocarbonyl (C=S) groups is 1. The van der Waals surface area contributed by atoms with Crippen LogP contribution in [-0.4, -0.2) is 19.2 Å². The highest BCUT2D eigenvalue weighted by Crippen LogP contribution is 2.21. The fraction of sp³-hybridized carbons (Fsp3) is 0.462. The molecule has 2 heterocycles. The summed E-state index contributed by atoms with van der Waals surface area (Å²) in [5, 5.41) is 4.21. The van der Waals surface area contributed by atoms with Gasteiger partial charge in [-0.05, 0) is 19.4 Å². The highest BCUT2D eigenvalue weighted by Gasteiger charge is 2.21. The molecule has 5 nitrogen and oxygen atoms in total. The monoisotopic (exact) mass is 278 g/mol. The van der Waals surface area contributed by atoms with Crippen LogP contribution in [0.5, 0.6) is 0 Å². The summed E-state index contributed by atoms with van der Waals surface area (Å²) in [7, 11) is 0. The first kappa shape index (κ1) is 13.7. The van der Waals surface area contributed by atoms with E-state index in [4.69, 9.17) is 18.0 Å². The summed E-state index contributed by atoms with van der Waals surface area (Å²) in [5.41, 5.74) is 6.83. The van der Waals surface area contributed by atoms with E-state index >= 15 is 0 Å². The maximum Gasteiger partial charge on any atom is 0.276 e. The van der Waals surface area contributed by atoms with Gasteiger partial charge in [-0.3, -0.25) is 4.79 Å². The zero-order chi connectivity index (χ0) is 14.2. The van der Waals surface area contributed by atoms with Gasteiger partial charge in [0.15, 0.2) is 0 Å². The quantitative estimate of drug-likeness (QED) is 0.861. The van der Waals surface area contributed by atoms with Crippen molar-refractivity contribution in [2.45, 2.75) is 33.7 Å². The maximum absolute atomic E-state index is 12.3. The van der Waals surface area contributed by atoms with Crippen LogP contribution in [0.4, 0.5) is 0 Å². The maximum atomic E-state index is 12.3. The summed E-state index contributed by atoms with van der Waals surface area (Å²) in [4.78, 5) is 12.7. The number of aryl methyl sites for hydroxylation is 2. The molecule has 102 valence electrons. The summed E-state index contributed by atoms with van der Waals surface area (Å²) >= 11 is 5.04. The molecule has 0 spiro atoms. The minimum Gasteiger partial charge on any atom is -0.393 e. The molecular weight excluding hydrogens is 260 g/mol. The molecule has 0 amide bonds. The van der Waals surface area contributed by atoms with Gasteiger partial charge >= 0.3 is 0 Å². The summed E-state index contributed by atoms with van der Waals surface area (Å²) in [5.74, 6) is 0. The SMILES string of the molecule is Cc1cc2c(=O)n(CCC(C)(C)C(N)=S)ccn2n1. The van der Waals surface area contributed by atoms with Crippen LogP contribution in [-0.2, 0) is 6.54 Å². The molecule has 19 heavy (non-hydrogen) atoms. The Hall–Kier alpha value is -1.69. The first-order chi connectivity index (χ1) is 8.81. The van der Waals surface area contributed by atoms with Crippen LogP contribution in [0, 0.1) is 12.3 Å². The summed E-state index contributed by atoms with van der Waals surface area (Å²) in [6.07, 6.45) is 4.26. The van der Waals surface area contributed by atoms with Gasteiger partial charge < -0.3 is 10.3 Å². The molecular formula is C13H18N4OS. The molecule has 0 saturated heterocycles. The van der Waals surface area contributed by atoms with Crippen molar-refractivity contribution in [3.05, 3.63) is 34.5 Å². The van der Waals surface area contributed by atoms with Gasteiger partial charge in [-0.15, -0.1) is 0 Å². The first-order valence-corrected chi connectivity index (χ1v) is 6.57. The molecule has 0 aliphatic carbocycles. The van der Waals surface area contributed by atoms with E-state index in [1.807, 2.05) is 20.8 Å². The van der Waals surface area contributed by atoms with Crippen LogP contribution in [0.2, 0.25) is 0 Å². The number of hydrogen-bond donors (Lipinski definition) is 1. The lowest BCUT2D eigenvalue weighted by atomic mass is 9.89. The topological polar surface area (TPSA) is 65.3 Å². The van der Waals surface area contributed by atoms with E-state index < -0.39 is 0 Å². The lowest BCUT2D eigenvalue weighted by molar-refractivity contribution is 0.430. The minimum atomic E-state index is -0.253. The average Bonchev–Trinajstić information content (AvgIpc) is 2.70. The van der Waals surface area contributed by atoms with Gasteiger partial charge in [-0.25, -0.2) is 4.52 Å². The van der Waals surface area contributed by atoms with Crippen LogP contribution in [0.1, 0.15) is 26.0 Å². The minimum absolute atomic E-state index is 0.0400. The van der Waals surface area contributed by atoms with E-state index in [1.54, 1.807) is 27.5 Å². The van der Waals surface area contributed by atoms with Crippen molar-refractivity contribution in [1.82, 2.24) is 14.2 Å². The molecule has 0 fully saturated rings. The number of hydrogen-bond acceptors (Lipinski definition) is 3. The number of nitrogens with two attached hydrogens (primary N) is 1. The van der Waals surface area contributed by atoms with E-state index in [9.17, 15) is 4.79 Å². The molecule has 2 aromatic rings. The second-order valence-electron chi connectivity index (χ2n) is 5.41. The van der Waals surface area contributed by atoms with Gasteiger partial charge in [-0.2, -0.15) is 5.10 Å². The summed E-state index contributed by atoms with van der Waals surface area (Å²) in [6.45, 7) is 6.43. The predicted octanol–water partition coefficient (Wildman–Crippen LogP) is 1.51. The summed E-state index contributed by atoms with van der Waals surface area (Å²) in [6, 6.07) is 1.79. The molecule has 2 rings (SSSR count). The Kier molecular flexibility index (Phi) is 3.45. The fourth-order valence-electron chi connectivity index (χ4n) is 1.85. The highest BCUT2D eigenvalue weighted by atomic mass is 32.1. The van der Waals surface area contributed by atoms with Gasteiger partial charge in [0, 0.05) is 24.4 Å². The van der Waals surface area contributed by atoms with Gasteiger partial charge in [0.05, 0.1) is 10.7 Å². The van der Waals surface area contributed by atoms with E-state index in [1.165, 1.54) is 0 Å². The highest BCUT2D eigenvalue weighted by molar-refractivity contribution is 7.80. The standard InChI is InChI=1S/C13H18N4OS/c1-9-8-10-11(18)16(6-7-17(10)15-9)5-4-13(2,3)12(14)19/h6-8H,4-5H2,1-3H3,(H2,14,19). The normalized spacial score (nSPS) is 11.9. The van der Waals surface area contributed by atoms with Crippen molar-refractivity contribution < 1.29 is 0 Å². The Labute approximate surface area is 117 Å². The molecule has 0 aromatic carbocycles. The fourth-order valence-corrected chi connectivity index (χ4v) is 1.95. The van der Waals surface area contributed by atoms with Crippen molar-refractivity contribution in [1.29, 1.82) is 0 Å². The third kappa shape index (κ3) is 2.68. The third-order valence-electron chi connectivity index (χ3n) is 3.37. The van der Waals surface area contributed by atoms with Crippen LogP contribution >= 0.6 is 12.2 Å². The van der Waals surface area contributed by atoms with Crippen molar-refractivity contribution in [3.63, 3.8) is 0 Å². The molecule has 0 saturated carbocycles. The largest absolute Gasteiger partial charge is 0.393 e. The van der Waals surface area contributed by atoms with Crippen LogP contribution < -0.4 is 11.3 Å². The van der Waals surface area contributed by atoms with Crippen molar-refractivity contribution in [2.75, 3.05) is 0 Å². The van der Waals surface area contributed by atoms with Crippen LogP contribution in [0.3, 0.4) is 0 Å². The number of fused-ring (bicyclic) bond motifs is 1. The Morgan fingerprint density at radius 3 is 2.79 bits per heavy atom. The van der Waals surface area contributed by atoms with E-state index in [0.717, 1.165) is 12.1 Å². The third-order valence-corrected chi connectivity index (χ3v) is 3.92. The molecule has 0 bridgehead atoms. The Morgan fingerprint density at radius 1 is 1.47 bits per heavy atom. The van der Waals surface area contributed by atoms with E-state index in [0.29, 0.717) is 17.0 Å². The van der Waals surface area contributed by atoms with Crippen molar-refractivity contribution in [3.8, 4) is 0 Å². The molecule has 0 aliphatic rings. The van der Waals surface area contributed by atoms with Crippen molar-refractivity contribution in [2.24, 2.45) is 11.1 Å². The molecule has 0 radical (unpaired) electrons. The lowest BCUT2D eigenvalue weighted by Gasteiger charge is -2.23. The molecule has 6 heteroatoms. The second kappa shape index (κ2) is 4.77. The lowest BCUT2D eigenvalue weighted by Crippen LogP contribution is -2.32. The van der Waals surface area contributed by atoms with E-state index in [2.05, 4.69) is 5.10 Å². The average molecular weight is 278 g/mol. The Balaban J connectivity index is 2.29. The van der Waals surface area contributed by atoms with Gasteiger partial charge in [-0.1, -0.05) is 26.1 Å². The molecule has 2 aromatic heterocycles. The van der Waals surface area contributed by atoms with Gasteiger partial charge in [0.25, 0.3) is 5.56 Å². The van der Waals surface area contributed by atoms with Crippen LogP contribution in [0.25, 0.3) is 5.52 Å². The smallest absolute Gasteiger partial charge is 0.276 e. The number of nitrogens with zero attached hydrogens (tertiary/aromatic N) is 3. The molecule has 0 unspecified atom stereocenters. The molecule has 0 atom stereocenters. The number of rotatable bonds is 4. The van der Waals surface area contributed by atoms with Crippen molar-refractivity contribution >= 4 is 22.7 Å². The first-order valence-electron chi connectivity index (χ1n) is 6.16. The molecule has 0 aliphatic heterocycles. The zero-order valence-electron chi connectivity index (χ0n) is 11.4. The summed E-state index contributed by atoms with van der Waals surface area (Å²) < 4.78 is 3.28. The predicted molar refractivity (Wildman–Crippen MR) is 79.4 cm³/mol. The number of aromatic nitrogens is 3.